The lowest BCUT2D eigenvalue weighted by Gasteiger charge is -2.15. The highest BCUT2D eigenvalue weighted by Gasteiger charge is 2.21. The van der Waals surface area contributed by atoms with Crippen molar-refractivity contribution in [3.63, 3.8) is 0 Å². The van der Waals surface area contributed by atoms with Gasteiger partial charge in [0.25, 0.3) is 5.91 Å². The fourth-order valence-electron chi connectivity index (χ4n) is 1.74. The molecule has 0 spiro atoms. The highest BCUT2D eigenvalue weighted by Crippen LogP contribution is 2.25. The lowest BCUT2D eigenvalue weighted by Crippen LogP contribution is -2.29. The van der Waals surface area contributed by atoms with Gasteiger partial charge in [-0.1, -0.05) is 18.2 Å². The summed E-state index contributed by atoms with van der Waals surface area (Å²) in [6.07, 6.45) is 0.706. The third kappa shape index (κ3) is 2.64. The average molecular weight is 274 g/mol. The third-order valence-electron chi connectivity index (χ3n) is 2.82. The van der Waals surface area contributed by atoms with Crippen LogP contribution in [0.2, 0.25) is 0 Å². The molecule has 0 radical (unpaired) electrons. The summed E-state index contributed by atoms with van der Waals surface area (Å²) in [6, 6.07) is 8.68. The number of ether oxygens (including phenoxy) is 1. The van der Waals surface area contributed by atoms with Gasteiger partial charge < -0.3 is 14.9 Å². The molecule has 0 atom stereocenters. The van der Waals surface area contributed by atoms with Crippen molar-refractivity contribution in [1.82, 2.24) is 0 Å². The van der Waals surface area contributed by atoms with Gasteiger partial charge in [-0.05, 0) is 19.1 Å². The van der Waals surface area contributed by atoms with E-state index < -0.39 is 12.0 Å². The summed E-state index contributed by atoms with van der Waals surface area (Å²) in [7, 11) is 1.52. The number of para-hydroxylation sites is 1. The summed E-state index contributed by atoms with van der Waals surface area (Å²) >= 11 is 0. The van der Waals surface area contributed by atoms with E-state index in [9.17, 15) is 9.59 Å². The summed E-state index contributed by atoms with van der Waals surface area (Å²) in [6.45, 7) is 1.64. The number of furan rings is 1. The van der Waals surface area contributed by atoms with Crippen molar-refractivity contribution in [3.8, 4) is 5.75 Å². The summed E-state index contributed by atoms with van der Waals surface area (Å²) in [5, 5.41) is 0. The van der Waals surface area contributed by atoms with Crippen LogP contribution in [0.15, 0.2) is 41.0 Å². The van der Waals surface area contributed by atoms with Crippen molar-refractivity contribution in [2.24, 2.45) is 5.73 Å². The number of anilines is 1. The van der Waals surface area contributed by atoms with Crippen molar-refractivity contribution in [2.75, 3.05) is 11.9 Å². The number of hydrogen-bond donors (Lipinski definition) is 1. The molecule has 0 bridgehead atoms. The minimum Gasteiger partial charge on any atom is -0.457 e. The number of benzene rings is 1. The first-order valence-corrected chi connectivity index (χ1v) is 5.89. The van der Waals surface area contributed by atoms with Crippen molar-refractivity contribution >= 4 is 17.7 Å². The number of hydrogen-bond acceptors (Lipinski definition) is 4. The van der Waals surface area contributed by atoms with Crippen LogP contribution in [0.25, 0.3) is 0 Å². The molecule has 0 aliphatic heterocycles. The zero-order valence-electron chi connectivity index (χ0n) is 11.1. The van der Waals surface area contributed by atoms with Crippen LogP contribution in [-0.4, -0.2) is 19.0 Å². The van der Waals surface area contributed by atoms with E-state index in [0.29, 0.717) is 17.0 Å². The first-order chi connectivity index (χ1) is 9.50. The van der Waals surface area contributed by atoms with Crippen LogP contribution in [-0.2, 0) is 0 Å². The Balaban J connectivity index is 2.17. The largest absolute Gasteiger partial charge is 0.457 e. The second kappa shape index (κ2) is 5.48. The molecule has 6 nitrogen and oxygen atoms in total. The zero-order valence-corrected chi connectivity index (χ0v) is 11.1. The molecule has 20 heavy (non-hydrogen) atoms. The Morgan fingerprint density at radius 2 is 1.90 bits per heavy atom. The second-order valence-electron chi connectivity index (χ2n) is 4.18. The van der Waals surface area contributed by atoms with Gasteiger partial charge in [-0.3, -0.25) is 9.69 Å². The van der Waals surface area contributed by atoms with Crippen LogP contribution >= 0.6 is 0 Å². The van der Waals surface area contributed by atoms with Gasteiger partial charge in [-0.15, -0.1) is 0 Å². The second-order valence-corrected chi connectivity index (χ2v) is 4.18. The molecule has 6 heteroatoms. The molecule has 2 N–H and O–H groups in total. The smallest absolute Gasteiger partial charge is 0.419 e. The molecular weight excluding hydrogens is 260 g/mol. The third-order valence-corrected chi connectivity index (χ3v) is 2.82. The van der Waals surface area contributed by atoms with Crippen molar-refractivity contribution in [1.29, 1.82) is 0 Å². The van der Waals surface area contributed by atoms with Gasteiger partial charge in [0.05, 0.1) is 5.69 Å². The maximum atomic E-state index is 12.0. The van der Waals surface area contributed by atoms with E-state index in [-0.39, 0.29) is 5.76 Å². The molecule has 2 amide bonds. The van der Waals surface area contributed by atoms with E-state index in [0.717, 1.165) is 0 Å². The fourth-order valence-corrected chi connectivity index (χ4v) is 1.74. The van der Waals surface area contributed by atoms with Crippen LogP contribution in [0.4, 0.5) is 10.5 Å². The Kier molecular flexibility index (Phi) is 3.74. The summed E-state index contributed by atoms with van der Waals surface area (Å²) in [5.41, 5.74) is 6.08. The van der Waals surface area contributed by atoms with Gasteiger partial charge in [0.1, 0.15) is 12.0 Å². The summed E-state index contributed by atoms with van der Waals surface area (Å²) < 4.78 is 10.2. The fraction of sp³-hybridized carbons (Fsp3) is 0.143. The number of nitrogens with two attached hydrogens (primary N) is 1. The molecule has 1 aromatic heterocycles. The van der Waals surface area contributed by atoms with Gasteiger partial charge >= 0.3 is 6.09 Å². The molecular formula is C14H14N2O4. The molecule has 0 unspecified atom stereocenters. The molecule has 0 saturated heterocycles. The maximum absolute atomic E-state index is 12.0. The minimum atomic E-state index is -0.682. The Morgan fingerprint density at radius 1 is 1.25 bits per heavy atom. The molecule has 0 saturated carbocycles. The maximum Gasteiger partial charge on any atom is 0.419 e. The van der Waals surface area contributed by atoms with Gasteiger partial charge in [0, 0.05) is 12.6 Å². The highest BCUT2D eigenvalue weighted by atomic mass is 16.6. The van der Waals surface area contributed by atoms with Crippen LogP contribution in [0.5, 0.6) is 5.75 Å². The Hall–Kier alpha value is -2.76. The predicted octanol–water partition coefficient (Wildman–Crippen LogP) is 2.32. The highest BCUT2D eigenvalue weighted by molar-refractivity contribution is 5.96. The van der Waals surface area contributed by atoms with Crippen LogP contribution in [0, 0.1) is 6.92 Å². The van der Waals surface area contributed by atoms with E-state index in [4.69, 9.17) is 14.9 Å². The number of amides is 2. The van der Waals surface area contributed by atoms with Crippen LogP contribution in [0.1, 0.15) is 16.1 Å². The topological polar surface area (TPSA) is 85.8 Å². The van der Waals surface area contributed by atoms with Crippen molar-refractivity contribution in [3.05, 3.63) is 47.9 Å². The van der Waals surface area contributed by atoms with Gasteiger partial charge in [0.15, 0.2) is 5.76 Å². The van der Waals surface area contributed by atoms with Crippen molar-refractivity contribution < 1.29 is 18.7 Å². The standard InChI is InChI=1S/C14H14N2O4/c1-9-11(8-19-12(9)13(15)17)16(2)14(18)20-10-6-4-3-5-7-10/h3-8H,1-2H3,(H2,15,17). The predicted molar refractivity (Wildman–Crippen MR) is 72.8 cm³/mol. The Morgan fingerprint density at radius 3 is 2.45 bits per heavy atom. The number of carbonyl (C=O) groups is 2. The van der Waals surface area contributed by atoms with Crippen LogP contribution < -0.4 is 15.4 Å². The summed E-state index contributed by atoms with van der Waals surface area (Å²) in [5.74, 6) is -0.224. The molecule has 2 aromatic rings. The average Bonchev–Trinajstić information content (AvgIpc) is 2.81. The first-order valence-electron chi connectivity index (χ1n) is 5.89. The van der Waals surface area contributed by atoms with E-state index in [1.165, 1.54) is 18.2 Å². The molecule has 104 valence electrons. The Labute approximate surface area is 115 Å². The summed E-state index contributed by atoms with van der Waals surface area (Å²) in [4.78, 5) is 24.4. The number of rotatable bonds is 3. The minimum absolute atomic E-state index is 0.0272. The molecule has 0 aliphatic rings. The van der Waals surface area contributed by atoms with Crippen LogP contribution in [0.3, 0.4) is 0 Å². The number of primary amides is 1. The first kappa shape index (κ1) is 13.7. The normalized spacial score (nSPS) is 10.1. The number of carbonyl (C=O) groups excluding carboxylic acids is 2. The lowest BCUT2D eigenvalue weighted by atomic mass is 10.2. The molecule has 0 aliphatic carbocycles. The number of nitrogens with zero attached hydrogens (tertiary/aromatic N) is 1. The van der Waals surface area contributed by atoms with Crippen molar-refractivity contribution in [2.45, 2.75) is 6.92 Å². The van der Waals surface area contributed by atoms with E-state index in [2.05, 4.69) is 0 Å². The zero-order chi connectivity index (χ0) is 14.7. The van der Waals surface area contributed by atoms with Gasteiger partial charge in [-0.25, -0.2) is 4.79 Å². The molecule has 2 rings (SSSR count). The lowest BCUT2D eigenvalue weighted by molar-refractivity contribution is 0.0973. The molecule has 1 heterocycles. The van der Waals surface area contributed by atoms with Gasteiger partial charge in [-0.2, -0.15) is 0 Å². The molecule has 1 aromatic carbocycles. The van der Waals surface area contributed by atoms with Gasteiger partial charge in [0.2, 0.25) is 0 Å². The monoisotopic (exact) mass is 274 g/mol. The quantitative estimate of drug-likeness (QED) is 0.930. The Bertz CT molecular complexity index is 634. The van der Waals surface area contributed by atoms with E-state index in [1.807, 2.05) is 6.07 Å². The van der Waals surface area contributed by atoms with E-state index >= 15 is 0 Å². The van der Waals surface area contributed by atoms with E-state index in [1.54, 1.807) is 31.2 Å². The SMILES string of the molecule is Cc1c(N(C)C(=O)Oc2ccccc2)coc1C(N)=O. The molecule has 0 fully saturated rings.